The van der Waals surface area contributed by atoms with Gasteiger partial charge in [0.05, 0.1) is 32.0 Å². The number of hydrogen-bond acceptors (Lipinski definition) is 8. The van der Waals surface area contributed by atoms with Crippen molar-refractivity contribution in [3.05, 3.63) is 70.8 Å². The molecule has 2 aliphatic heterocycles. The summed E-state index contributed by atoms with van der Waals surface area (Å²) in [7, 11) is 1.29. The number of aromatic nitrogens is 1. The number of nitrogens with zero attached hydrogens (tertiary/aromatic N) is 2. The van der Waals surface area contributed by atoms with Gasteiger partial charge in [-0.05, 0) is 23.8 Å². The molecule has 0 bridgehead atoms. The van der Waals surface area contributed by atoms with Gasteiger partial charge < -0.3 is 36.3 Å². The van der Waals surface area contributed by atoms with Gasteiger partial charge in [-0.15, -0.1) is 0 Å². The van der Waals surface area contributed by atoms with Crippen molar-refractivity contribution in [2.24, 2.45) is 11.5 Å². The number of rotatable bonds is 6. The second-order valence-electron chi connectivity index (χ2n) is 7.69. The van der Waals surface area contributed by atoms with Crippen LogP contribution >= 0.6 is 0 Å². The zero-order valence-corrected chi connectivity index (χ0v) is 17.5. The van der Waals surface area contributed by atoms with Crippen molar-refractivity contribution < 1.29 is 23.4 Å². The zero-order chi connectivity index (χ0) is 22.8. The van der Waals surface area contributed by atoms with E-state index in [0.717, 1.165) is 18.6 Å². The highest BCUT2D eigenvalue weighted by Gasteiger charge is 2.37. The fourth-order valence-corrected chi connectivity index (χ4v) is 4.03. The van der Waals surface area contributed by atoms with Crippen molar-refractivity contribution in [3.63, 3.8) is 0 Å². The molecule has 2 aliphatic rings. The quantitative estimate of drug-likeness (QED) is 0.527. The summed E-state index contributed by atoms with van der Waals surface area (Å²) >= 11 is 0. The number of aliphatic hydroxyl groups is 1. The van der Waals surface area contributed by atoms with Crippen molar-refractivity contribution in [3.8, 4) is 11.6 Å². The minimum absolute atomic E-state index is 0.0839. The van der Waals surface area contributed by atoms with Gasteiger partial charge in [-0.25, -0.2) is 13.8 Å². The second-order valence-corrected chi connectivity index (χ2v) is 7.69. The third-order valence-corrected chi connectivity index (χ3v) is 5.57. The molecule has 2 atom stereocenters. The fraction of sp³-hybridized carbons (Fsp3) is 0.318. The average Bonchev–Trinajstić information content (AvgIpc) is 3.18. The van der Waals surface area contributed by atoms with Crippen LogP contribution in [0.25, 0.3) is 5.70 Å². The number of fused-ring (bicyclic) bond motifs is 1. The minimum atomic E-state index is -0.838. The molecule has 1 aromatic carbocycles. The van der Waals surface area contributed by atoms with Crippen molar-refractivity contribution in [2.75, 3.05) is 20.2 Å². The summed E-state index contributed by atoms with van der Waals surface area (Å²) in [5, 5.41) is 12.3. The van der Waals surface area contributed by atoms with E-state index in [-0.39, 0.29) is 35.8 Å². The van der Waals surface area contributed by atoms with Crippen molar-refractivity contribution in [1.82, 2.24) is 15.2 Å². The van der Waals surface area contributed by atoms with Crippen molar-refractivity contribution >= 4 is 5.70 Å². The molecule has 1 fully saturated rings. The lowest BCUT2D eigenvalue weighted by Crippen LogP contribution is -2.45. The molecule has 10 heteroatoms. The number of benzene rings is 1. The summed E-state index contributed by atoms with van der Waals surface area (Å²) in [4.78, 5) is 6.28. The number of allylic oxidation sites excluding steroid dienone is 1. The van der Waals surface area contributed by atoms with Crippen LogP contribution in [0.15, 0.2) is 48.1 Å². The lowest BCUT2D eigenvalue weighted by atomic mass is 10.1. The highest BCUT2D eigenvalue weighted by atomic mass is 19.1. The number of ether oxygens (including phenoxy) is 2. The molecule has 0 aliphatic carbocycles. The number of aliphatic hydroxyl groups excluding tert-OH is 1. The lowest BCUT2D eigenvalue weighted by Gasteiger charge is -2.34. The van der Waals surface area contributed by atoms with E-state index in [9.17, 15) is 8.78 Å². The van der Waals surface area contributed by atoms with Gasteiger partial charge in [-0.1, -0.05) is 0 Å². The smallest absolute Gasteiger partial charge is 0.213 e. The highest BCUT2D eigenvalue weighted by Crippen LogP contribution is 2.32. The summed E-state index contributed by atoms with van der Waals surface area (Å²) in [6.45, 7) is 1.07. The topological polar surface area (TPSA) is 119 Å². The maximum absolute atomic E-state index is 14.1. The number of nitrogens with two attached hydrogens (primary N) is 2. The molecule has 0 amide bonds. The molecule has 0 radical (unpaired) electrons. The number of halogens is 2. The predicted molar refractivity (Wildman–Crippen MR) is 114 cm³/mol. The van der Waals surface area contributed by atoms with Crippen molar-refractivity contribution in [1.29, 1.82) is 0 Å². The second kappa shape index (κ2) is 8.91. The first kappa shape index (κ1) is 21.7. The molecule has 6 N–H and O–H groups in total. The van der Waals surface area contributed by atoms with Gasteiger partial charge in [0.15, 0.2) is 11.6 Å². The molecule has 1 saturated heterocycles. The van der Waals surface area contributed by atoms with Gasteiger partial charge >= 0.3 is 0 Å². The molecule has 0 spiro atoms. The average molecular weight is 445 g/mol. The number of nitrogens with one attached hydrogen (secondary N) is 1. The maximum Gasteiger partial charge on any atom is 0.213 e. The van der Waals surface area contributed by atoms with Gasteiger partial charge in [0.1, 0.15) is 17.7 Å². The molecule has 4 rings (SSSR count). The monoisotopic (exact) mass is 445 g/mol. The van der Waals surface area contributed by atoms with Gasteiger partial charge in [0, 0.05) is 42.6 Å². The predicted octanol–water partition coefficient (Wildman–Crippen LogP) is 1.41. The van der Waals surface area contributed by atoms with E-state index in [4.69, 9.17) is 26.0 Å². The van der Waals surface area contributed by atoms with E-state index in [0.29, 0.717) is 36.1 Å². The third kappa shape index (κ3) is 4.26. The Morgan fingerprint density at radius 1 is 1.38 bits per heavy atom. The Bertz CT molecular complexity index is 1060. The molecular formula is C22H25F2N5O3. The molecule has 1 aromatic heterocycles. The lowest BCUT2D eigenvalue weighted by molar-refractivity contribution is 0.201. The molecular weight excluding hydrogens is 420 g/mol. The third-order valence-electron chi connectivity index (χ3n) is 5.57. The largest absolute Gasteiger partial charge is 0.493 e. The Balaban J connectivity index is 1.57. The zero-order valence-electron chi connectivity index (χ0n) is 17.5. The highest BCUT2D eigenvalue weighted by molar-refractivity contribution is 5.70. The normalized spacial score (nSPS) is 20.8. The summed E-state index contributed by atoms with van der Waals surface area (Å²) in [5.74, 6) is -0.861. The number of methoxy groups -OCH3 is 1. The fourth-order valence-electron chi connectivity index (χ4n) is 4.03. The van der Waals surface area contributed by atoms with E-state index in [1.54, 1.807) is 24.4 Å². The summed E-state index contributed by atoms with van der Waals surface area (Å²) in [5.41, 5.74) is 13.9. The molecule has 8 nitrogen and oxygen atoms in total. The molecule has 2 unspecified atom stereocenters. The van der Waals surface area contributed by atoms with E-state index >= 15 is 0 Å². The van der Waals surface area contributed by atoms with Crippen LogP contribution in [0.1, 0.15) is 17.5 Å². The Hall–Kier alpha value is -3.53. The van der Waals surface area contributed by atoms with Crippen LogP contribution in [-0.2, 0) is 6.61 Å². The molecule has 0 saturated carbocycles. The van der Waals surface area contributed by atoms with Gasteiger partial charge in [-0.2, -0.15) is 0 Å². The van der Waals surface area contributed by atoms with Crippen LogP contribution in [0.5, 0.6) is 11.6 Å². The van der Waals surface area contributed by atoms with E-state index in [2.05, 4.69) is 15.2 Å². The van der Waals surface area contributed by atoms with E-state index < -0.39 is 11.6 Å². The SMILES string of the molecule is COc1c(F)cc(F)cc1/C(N)=C/C1=C(N)NCC2CC(Oc3ccc(CO)cn3)CN12. The van der Waals surface area contributed by atoms with Crippen molar-refractivity contribution in [2.45, 2.75) is 25.2 Å². The van der Waals surface area contributed by atoms with E-state index in [1.807, 2.05) is 0 Å². The molecule has 170 valence electrons. The van der Waals surface area contributed by atoms with Crippen LogP contribution in [0.4, 0.5) is 8.78 Å². The Labute approximate surface area is 184 Å². The number of hydrogen-bond donors (Lipinski definition) is 4. The molecule has 32 heavy (non-hydrogen) atoms. The first-order valence-electron chi connectivity index (χ1n) is 10.1. The van der Waals surface area contributed by atoms with Crippen LogP contribution < -0.4 is 26.3 Å². The minimum Gasteiger partial charge on any atom is -0.493 e. The van der Waals surface area contributed by atoms with Crippen LogP contribution in [0.2, 0.25) is 0 Å². The van der Waals surface area contributed by atoms with Gasteiger partial charge in [0.2, 0.25) is 5.88 Å². The van der Waals surface area contributed by atoms with Gasteiger partial charge in [0.25, 0.3) is 0 Å². The molecule has 3 heterocycles. The standard InChI is InChI=1S/C22H25F2N5O3/c1-31-21-16(4-13(23)5-17(21)24)18(25)7-19-22(26)28-9-14-6-15(10-29(14)19)32-20-3-2-12(11-30)8-27-20/h2-5,7-8,14-15,28,30H,6,9-11,25-26H2,1H3/b18-7-. The maximum atomic E-state index is 14.1. The first-order chi connectivity index (χ1) is 15.4. The first-order valence-corrected chi connectivity index (χ1v) is 10.1. The Morgan fingerprint density at radius 2 is 2.19 bits per heavy atom. The Morgan fingerprint density at radius 3 is 2.88 bits per heavy atom. The summed E-state index contributed by atoms with van der Waals surface area (Å²) in [6.07, 6.45) is 3.73. The van der Waals surface area contributed by atoms with Gasteiger partial charge in [-0.3, -0.25) is 0 Å². The summed E-state index contributed by atoms with van der Waals surface area (Å²) in [6, 6.07) is 5.43. The van der Waals surface area contributed by atoms with Crippen LogP contribution in [0, 0.1) is 11.6 Å². The van der Waals surface area contributed by atoms with Crippen LogP contribution in [-0.4, -0.2) is 47.3 Å². The van der Waals surface area contributed by atoms with Crippen LogP contribution in [0.3, 0.4) is 0 Å². The number of pyridine rings is 1. The van der Waals surface area contributed by atoms with E-state index in [1.165, 1.54) is 7.11 Å². The summed E-state index contributed by atoms with van der Waals surface area (Å²) < 4.78 is 39.0. The molecule has 2 aromatic rings. The Kier molecular flexibility index (Phi) is 6.04.